The highest BCUT2D eigenvalue weighted by atomic mass is 35.6. The van der Waals surface area contributed by atoms with Gasteiger partial charge in [-0.2, -0.15) is 0 Å². The van der Waals surface area contributed by atoms with Crippen LogP contribution in [-0.4, -0.2) is 28.8 Å². The molecular weight excluding hydrogens is 461 g/mol. The molecule has 1 atom stereocenters. The van der Waals surface area contributed by atoms with Crippen LogP contribution in [-0.2, 0) is 6.42 Å². The fourth-order valence-electron chi connectivity index (χ4n) is 5.17. The van der Waals surface area contributed by atoms with Crippen LogP contribution in [0.15, 0.2) is 24.3 Å². The second kappa shape index (κ2) is 7.03. The second-order valence-electron chi connectivity index (χ2n) is 8.09. The first-order chi connectivity index (χ1) is 15.0. The summed E-state index contributed by atoms with van der Waals surface area (Å²) in [7, 11) is 0. The van der Waals surface area contributed by atoms with Crippen LogP contribution in [0.25, 0.3) is 11.3 Å². The molecule has 0 saturated heterocycles. The molecule has 31 heavy (non-hydrogen) atoms. The van der Waals surface area contributed by atoms with E-state index in [2.05, 4.69) is 30.0 Å². The maximum absolute atomic E-state index is 6.63. The third-order valence-electron chi connectivity index (χ3n) is 6.35. The smallest absolute Gasteiger partial charge is 0.231 e. The Morgan fingerprint density at radius 3 is 2.48 bits per heavy atom. The van der Waals surface area contributed by atoms with Crippen LogP contribution in [0, 0.1) is 0 Å². The van der Waals surface area contributed by atoms with E-state index in [9.17, 15) is 0 Å². The Morgan fingerprint density at radius 2 is 1.71 bits per heavy atom. The number of rotatable bonds is 2. The molecule has 8 heteroatoms. The molecule has 162 valence electrons. The monoisotopic (exact) mass is 479 g/mol. The van der Waals surface area contributed by atoms with Crippen LogP contribution < -0.4 is 18.9 Å². The summed E-state index contributed by atoms with van der Waals surface area (Å²) in [4.78, 5) is 2.23. The molecule has 2 aromatic rings. The summed E-state index contributed by atoms with van der Waals surface area (Å²) >= 11 is 19.9. The lowest BCUT2D eigenvalue weighted by molar-refractivity contribution is 0.171. The maximum atomic E-state index is 6.63. The van der Waals surface area contributed by atoms with Crippen LogP contribution in [0.1, 0.15) is 48.1 Å². The molecule has 0 radical (unpaired) electrons. The van der Waals surface area contributed by atoms with E-state index >= 15 is 0 Å². The van der Waals surface area contributed by atoms with E-state index in [4.69, 9.17) is 53.8 Å². The summed E-state index contributed by atoms with van der Waals surface area (Å²) in [6.45, 7) is 3.31. The highest BCUT2D eigenvalue weighted by Gasteiger charge is 2.48. The van der Waals surface area contributed by atoms with Crippen LogP contribution in [0.3, 0.4) is 0 Å². The van der Waals surface area contributed by atoms with Crippen molar-refractivity contribution >= 4 is 46.1 Å². The zero-order chi connectivity index (χ0) is 21.3. The average molecular weight is 481 g/mol. The number of fused-ring (bicyclic) bond motifs is 7. The van der Waals surface area contributed by atoms with Crippen LogP contribution in [0.4, 0.5) is 0 Å². The molecule has 0 amide bonds. The summed E-state index contributed by atoms with van der Waals surface area (Å²) in [6, 6.07) is 7.68. The Hall–Kier alpha value is -1.95. The molecular formula is C23H20Cl3NO4. The van der Waals surface area contributed by atoms with Crippen molar-refractivity contribution in [2.75, 3.05) is 20.1 Å². The van der Waals surface area contributed by atoms with E-state index in [-0.39, 0.29) is 13.6 Å². The minimum Gasteiger partial charge on any atom is -0.454 e. The first kappa shape index (κ1) is 19.7. The Labute approximate surface area is 195 Å². The van der Waals surface area contributed by atoms with E-state index in [1.54, 1.807) is 0 Å². The molecule has 5 nitrogen and oxygen atoms in total. The standard InChI is InChI=1S/C23H20Cl3NO4/c1-2-3-14-13-4-5-16-21(31-11-28-16)19(13)22(23(24,25)26)27-7-6-12-8-17-18(30-10-29-17)9-15(12)20(14)27/h4-5,8-9,22H,2-3,6-7,10-11H2,1H3. The predicted octanol–water partition coefficient (Wildman–Crippen LogP) is 6.10. The fourth-order valence-corrected chi connectivity index (χ4v) is 5.85. The van der Waals surface area contributed by atoms with Gasteiger partial charge in [-0.3, -0.25) is 0 Å². The third kappa shape index (κ3) is 2.90. The van der Waals surface area contributed by atoms with Crippen molar-refractivity contribution in [2.45, 2.75) is 36.0 Å². The number of alkyl halides is 3. The van der Waals surface area contributed by atoms with E-state index in [0.717, 1.165) is 59.7 Å². The summed E-state index contributed by atoms with van der Waals surface area (Å²) in [5.41, 5.74) is 6.61. The van der Waals surface area contributed by atoms with E-state index in [1.807, 2.05) is 6.07 Å². The lowest BCUT2D eigenvalue weighted by Crippen LogP contribution is -2.42. The molecule has 0 aliphatic carbocycles. The molecule has 1 unspecified atom stereocenters. The Bertz CT molecular complexity index is 1120. The zero-order valence-corrected chi connectivity index (χ0v) is 19.1. The van der Waals surface area contributed by atoms with Crippen molar-refractivity contribution in [1.82, 2.24) is 4.90 Å². The lowest BCUT2D eigenvalue weighted by Gasteiger charge is -2.47. The highest BCUT2D eigenvalue weighted by Crippen LogP contribution is 2.59. The average Bonchev–Trinajstić information content (AvgIpc) is 3.39. The van der Waals surface area contributed by atoms with Crippen LogP contribution in [0.5, 0.6) is 23.0 Å². The molecule has 6 rings (SSSR count). The molecule has 4 heterocycles. The van der Waals surface area contributed by atoms with Crippen molar-refractivity contribution in [3.63, 3.8) is 0 Å². The fraction of sp³-hybridized carbons (Fsp3) is 0.391. The van der Waals surface area contributed by atoms with Gasteiger partial charge in [-0.05, 0) is 47.7 Å². The Kier molecular flexibility index (Phi) is 4.47. The van der Waals surface area contributed by atoms with Gasteiger partial charge in [0.15, 0.2) is 23.0 Å². The summed E-state index contributed by atoms with van der Waals surface area (Å²) < 4.78 is 21.3. The molecule has 4 aliphatic heterocycles. The number of hydrogen-bond donors (Lipinski definition) is 0. The molecule has 0 fully saturated rings. The van der Waals surface area contributed by atoms with E-state index in [1.165, 1.54) is 11.1 Å². The number of ether oxygens (including phenoxy) is 4. The summed E-state index contributed by atoms with van der Waals surface area (Å²) in [5.74, 6) is 2.92. The molecule has 0 saturated carbocycles. The van der Waals surface area contributed by atoms with Crippen LogP contribution >= 0.6 is 34.8 Å². The lowest BCUT2D eigenvalue weighted by atomic mass is 9.80. The SMILES string of the molecule is CCCC1=C2c3cc4c(cc3CCN2C(C(Cl)(Cl)Cl)c2c1ccc1c2OCO1)OCO4. The van der Waals surface area contributed by atoms with Gasteiger partial charge < -0.3 is 23.8 Å². The van der Waals surface area contributed by atoms with Crippen molar-refractivity contribution in [3.05, 3.63) is 46.5 Å². The van der Waals surface area contributed by atoms with Gasteiger partial charge in [0.2, 0.25) is 17.4 Å². The second-order valence-corrected chi connectivity index (χ2v) is 10.5. The van der Waals surface area contributed by atoms with Gasteiger partial charge in [-0.25, -0.2) is 0 Å². The first-order valence-electron chi connectivity index (χ1n) is 10.4. The molecule has 2 aromatic carbocycles. The van der Waals surface area contributed by atoms with Crippen molar-refractivity contribution in [1.29, 1.82) is 0 Å². The number of allylic oxidation sites excluding steroid dienone is 1. The van der Waals surface area contributed by atoms with Crippen LogP contribution in [0.2, 0.25) is 0 Å². The van der Waals surface area contributed by atoms with Crippen molar-refractivity contribution in [2.24, 2.45) is 0 Å². The first-order valence-corrected chi connectivity index (χ1v) is 11.5. The number of benzene rings is 2. The summed E-state index contributed by atoms with van der Waals surface area (Å²) in [5, 5.41) is 0. The number of halogens is 3. The Morgan fingerprint density at radius 1 is 0.968 bits per heavy atom. The molecule has 4 aliphatic rings. The van der Waals surface area contributed by atoms with Gasteiger partial charge in [0.1, 0.15) is 6.04 Å². The topological polar surface area (TPSA) is 40.2 Å². The highest BCUT2D eigenvalue weighted by molar-refractivity contribution is 6.68. The normalized spacial score (nSPS) is 20.5. The third-order valence-corrected chi connectivity index (χ3v) is 6.97. The number of hydrogen-bond acceptors (Lipinski definition) is 5. The molecule has 0 aromatic heterocycles. The number of nitrogens with zero attached hydrogens (tertiary/aromatic N) is 1. The Balaban J connectivity index is 1.66. The minimum absolute atomic E-state index is 0.171. The van der Waals surface area contributed by atoms with Gasteiger partial charge >= 0.3 is 0 Å². The zero-order valence-electron chi connectivity index (χ0n) is 16.8. The van der Waals surface area contributed by atoms with Gasteiger partial charge in [0.25, 0.3) is 0 Å². The predicted molar refractivity (Wildman–Crippen MR) is 120 cm³/mol. The van der Waals surface area contributed by atoms with Crippen molar-refractivity contribution < 1.29 is 18.9 Å². The maximum Gasteiger partial charge on any atom is 0.231 e. The largest absolute Gasteiger partial charge is 0.454 e. The minimum atomic E-state index is -1.56. The molecule has 0 N–H and O–H groups in total. The van der Waals surface area contributed by atoms with Gasteiger partial charge in [-0.1, -0.05) is 54.2 Å². The quantitative estimate of drug-likeness (QED) is 0.486. The van der Waals surface area contributed by atoms with E-state index in [0.29, 0.717) is 11.5 Å². The van der Waals surface area contributed by atoms with Crippen molar-refractivity contribution in [3.8, 4) is 23.0 Å². The molecule has 0 bridgehead atoms. The summed E-state index contributed by atoms with van der Waals surface area (Å²) in [6.07, 6.45) is 2.69. The van der Waals surface area contributed by atoms with Gasteiger partial charge in [-0.15, -0.1) is 0 Å². The van der Waals surface area contributed by atoms with Gasteiger partial charge in [0.05, 0.1) is 0 Å². The van der Waals surface area contributed by atoms with Gasteiger partial charge in [0, 0.05) is 23.4 Å². The van der Waals surface area contributed by atoms with E-state index < -0.39 is 9.83 Å². The molecule has 0 spiro atoms.